The molecular formula is C19H21Cl2N3S. The lowest BCUT2D eigenvalue weighted by atomic mass is 10.1. The Morgan fingerprint density at radius 1 is 1.12 bits per heavy atom. The van der Waals surface area contributed by atoms with Crippen molar-refractivity contribution in [2.45, 2.75) is 31.2 Å². The predicted molar refractivity (Wildman–Crippen MR) is 107 cm³/mol. The highest BCUT2D eigenvalue weighted by atomic mass is 35.5. The fourth-order valence-corrected chi connectivity index (χ4v) is 4.81. The van der Waals surface area contributed by atoms with Gasteiger partial charge >= 0.3 is 0 Å². The van der Waals surface area contributed by atoms with Crippen molar-refractivity contribution in [2.24, 2.45) is 0 Å². The average molecular weight is 394 g/mol. The molecule has 6 heteroatoms. The van der Waals surface area contributed by atoms with Crippen LogP contribution in [0.4, 0.5) is 0 Å². The van der Waals surface area contributed by atoms with E-state index in [1.165, 1.54) is 16.3 Å². The van der Waals surface area contributed by atoms with Crippen molar-refractivity contribution in [3.05, 3.63) is 69.1 Å². The van der Waals surface area contributed by atoms with E-state index in [9.17, 15) is 0 Å². The minimum Gasteiger partial charge on any atom is -0.358 e. The maximum absolute atomic E-state index is 6.18. The summed E-state index contributed by atoms with van der Waals surface area (Å²) in [7, 11) is 2.14. The standard InChI is InChI=1S/C19H21Cl2N3S/c1-13(2)24-12-23(3)18(8-14-4-6-22-7-5-14)19(24)25-17-10-15(20)9-16(21)11-17/h4-7,9-11,13H,8,12H2,1-3H3. The number of pyridine rings is 1. The summed E-state index contributed by atoms with van der Waals surface area (Å²) in [5.74, 6) is 0. The highest BCUT2D eigenvalue weighted by molar-refractivity contribution is 8.03. The van der Waals surface area contributed by atoms with Crippen molar-refractivity contribution in [1.82, 2.24) is 14.8 Å². The first-order chi connectivity index (χ1) is 11.9. The lowest BCUT2D eigenvalue weighted by Gasteiger charge is -2.26. The van der Waals surface area contributed by atoms with E-state index in [1.807, 2.05) is 24.5 Å². The molecule has 1 aliphatic heterocycles. The summed E-state index contributed by atoms with van der Waals surface area (Å²) in [5.41, 5.74) is 2.56. The van der Waals surface area contributed by atoms with Crippen molar-refractivity contribution >= 4 is 35.0 Å². The monoisotopic (exact) mass is 393 g/mol. The zero-order valence-electron chi connectivity index (χ0n) is 14.5. The second-order valence-corrected chi connectivity index (χ2v) is 8.33. The van der Waals surface area contributed by atoms with Crippen LogP contribution in [0.15, 0.2) is 58.3 Å². The number of benzene rings is 1. The largest absolute Gasteiger partial charge is 0.358 e. The maximum atomic E-state index is 6.18. The van der Waals surface area contributed by atoms with Gasteiger partial charge in [0, 0.05) is 52.5 Å². The van der Waals surface area contributed by atoms with E-state index in [1.54, 1.807) is 17.8 Å². The van der Waals surface area contributed by atoms with E-state index in [-0.39, 0.29) is 0 Å². The highest BCUT2D eigenvalue weighted by Gasteiger charge is 2.29. The van der Waals surface area contributed by atoms with Crippen LogP contribution >= 0.6 is 35.0 Å². The smallest absolute Gasteiger partial charge is 0.0971 e. The summed E-state index contributed by atoms with van der Waals surface area (Å²) in [6.07, 6.45) is 4.56. The SMILES string of the molecule is CC(C)N1CN(C)C(Cc2ccncc2)=C1Sc1cc(Cl)cc(Cl)c1. The summed E-state index contributed by atoms with van der Waals surface area (Å²) in [6, 6.07) is 10.2. The number of nitrogens with zero attached hydrogens (tertiary/aromatic N) is 3. The van der Waals surface area contributed by atoms with Crippen LogP contribution in [0.3, 0.4) is 0 Å². The van der Waals surface area contributed by atoms with Crippen molar-refractivity contribution in [2.75, 3.05) is 13.7 Å². The van der Waals surface area contributed by atoms with Crippen molar-refractivity contribution in [3.8, 4) is 0 Å². The van der Waals surface area contributed by atoms with Gasteiger partial charge in [-0.3, -0.25) is 4.98 Å². The van der Waals surface area contributed by atoms with Crippen LogP contribution < -0.4 is 0 Å². The van der Waals surface area contributed by atoms with Crippen LogP contribution in [0, 0.1) is 0 Å². The van der Waals surface area contributed by atoms with E-state index in [0.717, 1.165) is 18.0 Å². The number of hydrogen-bond acceptors (Lipinski definition) is 4. The first-order valence-electron chi connectivity index (χ1n) is 8.18. The van der Waals surface area contributed by atoms with Crippen LogP contribution in [0.5, 0.6) is 0 Å². The molecule has 3 nitrogen and oxygen atoms in total. The van der Waals surface area contributed by atoms with Gasteiger partial charge in [0.25, 0.3) is 0 Å². The molecule has 0 aliphatic carbocycles. The lowest BCUT2D eigenvalue weighted by molar-refractivity contribution is 0.244. The van der Waals surface area contributed by atoms with Gasteiger partial charge < -0.3 is 9.80 Å². The molecule has 0 amide bonds. The van der Waals surface area contributed by atoms with Gasteiger partial charge in [0.05, 0.1) is 11.7 Å². The van der Waals surface area contributed by atoms with Gasteiger partial charge in [-0.15, -0.1) is 0 Å². The fraction of sp³-hybridized carbons (Fsp3) is 0.316. The third-order valence-corrected chi connectivity index (χ3v) is 5.70. The van der Waals surface area contributed by atoms with E-state index in [2.05, 4.69) is 47.8 Å². The first-order valence-corrected chi connectivity index (χ1v) is 9.75. The molecule has 2 aromatic rings. The number of aromatic nitrogens is 1. The lowest BCUT2D eigenvalue weighted by Crippen LogP contribution is -2.30. The molecule has 1 aliphatic rings. The Morgan fingerprint density at radius 3 is 2.36 bits per heavy atom. The quantitative estimate of drug-likeness (QED) is 0.666. The van der Waals surface area contributed by atoms with Gasteiger partial charge in [-0.05, 0) is 49.7 Å². The molecule has 0 atom stereocenters. The molecular weight excluding hydrogens is 373 g/mol. The molecule has 132 valence electrons. The van der Waals surface area contributed by atoms with Crippen LogP contribution in [0.1, 0.15) is 19.4 Å². The third-order valence-electron chi connectivity index (χ3n) is 4.13. The molecule has 1 aromatic heterocycles. The summed E-state index contributed by atoms with van der Waals surface area (Å²) in [6.45, 7) is 5.32. The highest BCUT2D eigenvalue weighted by Crippen LogP contribution is 2.40. The van der Waals surface area contributed by atoms with Crippen LogP contribution in [-0.2, 0) is 6.42 Å². The van der Waals surface area contributed by atoms with Gasteiger partial charge in [0.15, 0.2) is 0 Å². The number of allylic oxidation sites excluding steroid dienone is 1. The molecule has 0 fully saturated rings. The van der Waals surface area contributed by atoms with E-state index >= 15 is 0 Å². The Hall–Kier alpha value is -1.36. The van der Waals surface area contributed by atoms with Gasteiger partial charge in [0.1, 0.15) is 0 Å². The number of likely N-dealkylation sites (N-methyl/N-ethyl adjacent to an activating group) is 1. The molecule has 0 bridgehead atoms. The first kappa shape index (κ1) is 18.4. The summed E-state index contributed by atoms with van der Waals surface area (Å²) < 4.78 is 0. The van der Waals surface area contributed by atoms with Gasteiger partial charge in [-0.25, -0.2) is 0 Å². The van der Waals surface area contributed by atoms with Gasteiger partial charge in [-0.2, -0.15) is 0 Å². The molecule has 3 rings (SSSR count). The van der Waals surface area contributed by atoms with Crippen LogP contribution in [0.2, 0.25) is 10.0 Å². The van der Waals surface area contributed by atoms with Crippen molar-refractivity contribution < 1.29 is 0 Å². The number of halogens is 2. The van der Waals surface area contributed by atoms with E-state index in [4.69, 9.17) is 23.2 Å². The van der Waals surface area contributed by atoms with Crippen molar-refractivity contribution in [1.29, 1.82) is 0 Å². The third kappa shape index (κ3) is 4.43. The molecule has 0 N–H and O–H groups in total. The normalized spacial score (nSPS) is 14.8. The van der Waals surface area contributed by atoms with Crippen LogP contribution in [-0.4, -0.2) is 34.5 Å². The Kier molecular flexibility index (Phi) is 5.82. The molecule has 0 saturated heterocycles. The minimum absolute atomic E-state index is 0.412. The molecule has 25 heavy (non-hydrogen) atoms. The van der Waals surface area contributed by atoms with Gasteiger partial charge in [0.2, 0.25) is 0 Å². The zero-order chi connectivity index (χ0) is 18.0. The molecule has 1 aromatic carbocycles. The van der Waals surface area contributed by atoms with Crippen molar-refractivity contribution in [3.63, 3.8) is 0 Å². The fourth-order valence-electron chi connectivity index (χ4n) is 2.83. The Balaban J connectivity index is 1.97. The average Bonchev–Trinajstić information content (AvgIpc) is 2.84. The predicted octanol–water partition coefficient (Wildman–Crippen LogP) is 5.51. The number of thioether (sulfide) groups is 1. The summed E-state index contributed by atoms with van der Waals surface area (Å²) in [4.78, 5) is 9.90. The van der Waals surface area contributed by atoms with E-state index in [0.29, 0.717) is 16.1 Å². The Morgan fingerprint density at radius 2 is 1.76 bits per heavy atom. The van der Waals surface area contributed by atoms with Crippen LogP contribution in [0.25, 0.3) is 0 Å². The van der Waals surface area contributed by atoms with Gasteiger partial charge in [-0.1, -0.05) is 35.0 Å². The Labute approximate surface area is 163 Å². The zero-order valence-corrected chi connectivity index (χ0v) is 16.9. The van der Waals surface area contributed by atoms with E-state index < -0.39 is 0 Å². The topological polar surface area (TPSA) is 19.4 Å². The maximum Gasteiger partial charge on any atom is 0.0971 e. The summed E-state index contributed by atoms with van der Waals surface area (Å²) >= 11 is 14.1. The number of rotatable bonds is 5. The Bertz CT molecular complexity index is 757. The molecule has 0 saturated carbocycles. The number of hydrogen-bond donors (Lipinski definition) is 0. The molecule has 2 heterocycles. The summed E-state index contributed by atoms with van der Waals surface area (Å²) in [5, 5.41) is 2.58. The molecule has 0 radical (unpaired) electrons. The molecule has 0 unspecified atom stereocenters. The second kappa shape index (κ2) is 7.90. The minimum atomic E-state index is 0.412. The second-order valence-electron chi connectivity index (χ2n) is 6.39. The molecule has 0 spiro atoms.